The molecule has 7 heteroatoms. The minimum Gasteiger partial charge on any atom is -0.497 e. The fourth-order valence-corrected chi connectivity index (χ4v) is 2.90. The molecule has 0 atom stereocenters. The van der Waals surface area contributed by atoms with Crippen LogP contribution >= 0.6 is 11.6 Å². The quantitative estimate of drug-likeness (QED) is 0.881. The Morgan fingerprint density at radius 3 is 2.35 bits per heavy atom. The molecule has 0 unspecified atom stereocenters. The number of rotatable bonds is 4. The van der Waals surface area contributed by atoms with Crippen molar-refractivity contribution in [2.45, 2.75) is 11.8 Å². The summed E-state index contributed by atoms with van der Waals surface area (Å²) in [6, 6.07) is 9.22. The zero-order chi connectivity index (χ0) is 14.8. The number of hydrogen-bond donors (Lipinski definition) is 1. The average Bonchev–Trinajstić information content (AvgIpc) is 2.42. The summed E-state index contributed by atoms with van der Waals surface area (Å²) < 4.78 is 31.9. The van der Waals surface area contributed by atoms with Crippen LogP contribution in [-0.4, -0.2) is 20.5 Å². The summed E-state index contributed by atoms with van der Waals surface area (Å²) >= 11 is 5.74. The van der Waals surface area contributed by atoms with Crippen LogP contribution in [0.25, 0.3) is 0 Å². The highest BCUT2D eigenvalue weighted by atomic mass is 35.5. The molecule has 0 fully saturated rings. The number of nitrogens with zero attached hydrogens (tertiary/aromatic N) is 1. The molecular weight excluding hydrogens is 300 g/mol. The fourth-order valence-electron chi connectivity index (χ4n) is 1.60. The number of hydrogen-bond acceptors (Lipinski definition) is 4. The first-order chi connectivity index (χ1) is 9.42. The second-order valence-corrected chi connectivity index (χ2v) is 6.12. The summed E-state index contributed by atoms with van der Waals surface area (Å²) in [6.07, 6.45) is 0. The highest BCUT2D eigenvalue weighted by Gasteiger charge is 2.15. The van der Waals surface area contributed by atoms with Gasteiger partial charge in [-0.3, -0.25) is 4.72 Å². The summed E-state index contributed by atoms with van der Waals surface area (Å²) in [6.45, 7) is 1.68. The van der Waals surface area contributed by atoms with Gasteiger partial charge in [0.15, 0.2) is 0 Å². The third-order valence-corrected chi connectivity index (χ3v) is 4.26. The van der Waals surface area contributed by atoms with Crippen LogP contribution in [0, 0.1) is 6.92 Å². The van der Waals surface area contributed by atoms with Crippen LogP contribution < -0.4 is 9.46 Å². The number of anilines is 1. The summed E-state index contributed by atoms with van der Waals surface area (Å²) in [7, 11) is -2.14. The molecule has 20 heavy (non-hydrogen) atoms. The average molecular weight is 313 g/mol. The van der Waals surface area contributed by atoms with Crippen molar-refractivity contribution in [3.8, 4) is 5.75 Å². The molecule has 0 aliphatic carbocycles. The number of benzene rings is 1. The third-order valence-electron chi connectivity index (χ3n) is 2.67. The topological polar surface area (TPSA) is 68.3 Å². The van der Waals surface area contributed by atoms with Crippen molar-refractivity contribution >= 4 is 27.3 Å². The Labute approximate surface area is 122 Å². The van der Waals surface area contributed by atoms with Gasteiger partial charge in [0.1, 0.15) is 10.9 Å². The van der Waals surface area contributed by atoms with E-state index in [0.717, 1.165) is 0 Å². The Bertz CT molecular complexity index is 715. The van der Waals surface area contributed by atoms with E-state index in [1.54, 1.807) is 25.1 Å². The molecule has 106 valence electrons. The maximum Gasteiger partial charge on any atom is 0.261 e. The molecule has 0 saturated carbocycles. The van der Waals surface area contributed by atoms with Gasteiger partial charge in [-0.25, -0.2) is 13.4 Å². The van der Waals surface area contributed by atoms with Gasteiger partial charge in [-0.2, -0.15) is 0 Å². The van der Waals surface area contributed by atoms with E-state index in [1.807, 2.05) is 0 Å². The van der Waals surface area contributed by atoms with Crippen LogP contribution in [0.5, 0.6) is 5.75 Å². The second-order valence-electron chi connectivity index (χ2n) is 4.05. The van der Waals surface area contributed by atoms with Gasteiger partial charge in [0.05, 0.1) is 23.4 Å². The molecule has 2 aromatic rings. The summed E-state index contributed by atoms with van der Waals surface area (Å²) in [5, 5.41) is 0.315. The van der Waals surface area contributed by atoms with E-state index < -0.39 is 10.0 Å². The molecule has 0 saturated heterocycles. The van der Waals surface area contributed by atoms with Crippen molar-refractivity contribution < 1.29 is 13.2 Å². The van der Waals surface area contributed by atoms with Crippen LogP contribution in [0.3, 0.4) is 0 Å². The van der Waals surface area contributed by atoms with Crippen LogP contribution in [0.4, 0.5) is 5.69 Å². The highest BCUT2D eigenvalue weighted by molar-refractivity contribution is 7.92. The third kappa shape index (κ3) is 3.20. The Morgan fingerprint density at radius 2 is 1.80 bits per heavy atom. The standard InChI is InChI=1S/C13H13ClN2O3S/c1-9-12(7-8-13(14)15-9)16-20(17,18)11-5-3-10(19-2)4-6-11/h3-8,16H,1-2H3. The number of halogens is 1. The predicted molar refractivity (Wildman–Crippen MR) is 77.8 cm³/mol. The van der Waals surface area contributed by atoms with E-state index >= 15 is 0 Å². The molecule has 1 aromatic carbocycles. The Kier molecular flexibility index (Phi) is 4.15. The zero-order valence-corrected chi connectivity index (χ0v) is 12.5. The Morgan fingerprint density at radius 1 is 1.15 bits per heavy atom. The van der Waals surface area contributed by atoms with E-state index in [4.69, 9.17) is 16.3 Å². The van der Waals surface area contributed by atoms with Gasteiger partial charge in [0.25, 0.3) is 10.0 Å². The smallest absolute Gasteiger partial charge is 0.261 e. The van der Waals surface area contributed by atoms with Crippen molar-refractivity contribution in [1.82, 2.24) is 4.98 Å². The lowest BCUT2D eigenvalue weighted by Gasteiger charge is -2.10. The van der Waals surface area contributed by atoms with Gasteiger partial charge in [-0.05, 0) is 43.3 Å². The van der Waals surface area contributed by atoms with E-state index in [2.05, 4.69) is 9.71 Å². The Hall–Kier alpha value is -1.79. The molecular formula is C13H13ClN2O3S. The molecule has 0 bridgehead atoms. The lowest BCUT2D eigenvalue weighted by Crippen LogP contribution is -2.14. The maximum absolute atomic E-state index is 12.2. The molecule has 1 aromatic heterocycles. The minimum absolute atomic E-state index is 0.146. The molecule has 0 amide bonds. The predicted octanol–water partition coefficient (Wildman–Crippen LogP) is 2.85. The largest absolute Gasteiger partial charge is 0.497 e. The first-order valence-electron chi connectivity index (χ1n) is 5.72. The number of aromatic nitrogens is 1. The number of aryl methyl sites for hydroxylation is 1. The van der Waals surface area contributed by atoms with Crippen LogP contribution in [0.2, 0.25) is 5.15 Å². The molecule has 0 aliphatic rings. The molecule has 0 spiro atoms. The first kappa shape index (κ1) is 14.6. The normalized spacial score (nSPS) is 11.2. The summed E-state index contributed by atoms with van der Waals surface area (Å²) in [4.78, 5) is 4.14. The Balaban J connectivity index is 2.30. The number of pyridine rings is 1. The number of sulfonamides is 1. The second kappa shape index (κ2) is 5.68. The molecule has 1 heterocycles. The van der Waals surface area contributed by atoms with Gasteiger partial charge in [0, 0.05) is 0 Å². The SMILES string of the molecule is COc1ccc(S(=O)(=O)Nc2ccc(Cl)nc2C)cc1. The molecule has 2 rings (SSSR count). The van der Waals surface area contributed by atoms with E-state index in [1.165, 1.54) is 25.3 Å². The molecule has 0 aliphatic heterocycles. The van der Waals surface area contributed by atoms with Crippen LogP contribution in [0.15, 0.2) is 41.3 Å². The zero-order valence-electron chi connectivity index (χ0n) is 10.9. The van der Waals surface area contributed by atoms with Crippen LogP contribution in [0.1, 0.15) is 5.69 Å². The lowest BCUT2D eigenvalue weighted by atomic mass is 10.3. The number of methoxy groups -OCH3 is 1. The van der Waals surface area contributed by atoms with Crippen LogP contribution in [-0.2, 0) is 10.0 Å². The first-order valence-corrected chi connectivity index (χ1v) is 7.58. The van der Waals surface area contributed by atoms with E-state index in [0.29, 0.717) is 22.3 Å². The molecule has 0 radical (unpaired) electrons. The van der Waals surface area contributed by atoms with Gasteiger partial charge in [-0.15, -0.1) is 0 Å². The van der Waals surface area contributed by atoms with Crippen molar-refractivity contribution in [2.75, 3.05) is 11.8 Å². The molecule has 1 N–H and O–H groups in total. The van der Waals surface area contributed by atoms with Gasteiger partial charge < -0.3 is 4.74 Å². The maximum atomic E-state index is 12.2. The van der Waals surface area contributed by atoms with Crippen molar-refractivity contribution in [2.24, 2.45) is 0 Å². The van der Waals surface area contributed by atoms with Gasteiger partial charge >= 0.3 is 0 Å². The van der Waals surface area contributed by atoms with Gasteiger partial charge in [-0.1, -0.05) is 11.6 Å². The van der Waals surface area contributed by atoms with E-state index in [9.17, 15) is 8.42 Å². The van der Waals surface area contributed by atoms with Gasteiger partial charge in [0.2, 0.25) is 0 Å². The van der Waals surface area contributed by atoms with Crippen molar-refractivity contribution in [3.05, 3.63) is 47.2 Å². The van der Waals surface area contributed by atoms with Crippen molar-refractivity contribution in [1.29, 1.82) is 0 Å². The fraction of sp³-hybridized carbons (Fsp3) is 0.154. The number of ether oxygens (including phenoxy) is 1. The monoisotopic (exact) mass is 312 g/mol. The number of nitrogens with one attached hydrogen (secondary N) is 1. The minimum atomic E-state index is -3.66. The summed E-state index contributed by atoms with van der Waals surface area (Å²) in [5.41, 5.74) is 0.903. The molecule has 5 nitrogen and oxygen atoms in total. The van der Waals surface area contributed by atoms with E-state index in [-0.39, 0.29) is 4.90 Å². The van der Waals surface area contributed by atoms with Crippen molar-refractivity contribution in [3.63, 3.8) is 0 Å². The summed E-state index contributed by atoms with van der Waals surface area (Å²) in [5.74, 6) is 0.591. The highest BCUT2D eigenvalue weighted by Crippen LogP contribution is 2.21. The lowest BCUT2D eigenvalue weighted by molar-refractivity contribution is 0.414.